The van der Waals surface area contributed by atoms with Crippen molar-refractivity contribution in [2.24, 2.45) is 5.16 Å². The number of halogens is 1. The van der Waals surface area contributed by atoms with Crippen molar-refractivity contribution in [3.05, 3.63) is 71.0 Å². The van der Waals surface area contributed by atoms with Crippen molar-refractivity contribution >= 4 is 11.6 Å². The summed E-state index contributed by atoms with van der Waals surface area (Å²) in [5, 5.41) is 6.64. The van der Waals surface area contributed by atoms with Crippen LogP contribution in [0.4, 0.5) is 4.39 Å². The van der Waals surface area contributed by atoms with Crippen LogP contribution in [0.5, 0.6) is 0 Å². The number of amides is 1. The third-order valence-corrected chi connectivity index (χ3v) is 3.74. The van der Waals surface area contributed by atoms with E-state index in [2.05, 4.69) is 10.5 Å². The van der Waals surface area contributed by atoms with Gasteiger partial charge in [-0.2, -0.15) is 0 Å². The van der Waals surface area contributed by atoms with E-state index < -0.39 is 6.10 Å². The number of rotatable bonds is 7. The molecular formula is C19H21FN2O3. The lowest BCUT2D eigenvalue weighted by Crippen LogP contribution is -2.27. The molecule has 2 aromatic rings. The summed E-state index contributed by atoms with van der Waals surface area (Å²) in [5.74, 6) is -0.535. The van der Waals surface area contributed by atoms with Crippen molar-refractivity contribution in [2.75, 3.05) is 14.2 Å². The molecule has 2 aromatic carbocycles. The summed E-state index contributed by atoms with van der Waals surface area (Å²) in [5.41, 5.74) is 2.93. The van der Waals surface area contributed by atoms with E-state index in [1.165, 1.54) is 19.2 Å². The minimum Gasteiger partial charge on any atom is -0.391 e. The standard InChI is InChI=1S/C19H21FN2O3/c1-13(14-8-10-16(20)11-9-14)22-25-12-15-6-4-5-7-17(15)18(24-3)19(23)21-2/h4-11,18H,12H2,1-3H3,(H,21,23)/b22-13+. The SMILES string of the molecule is CNC(=O)C(OC)c1ccccc1CO/N=C(\C)c1ccc(F)cc1. The topological polar surface area (TPSA) is 59.9 Å². The number of methoxy groups -OCH3 is 1. The van der Waals surface area contributed by atoms with Crippen LogP contribution in [0.25, 0.3) is 0 Å². The van der Waals surface area contributed by atoms with Crippen LogP contribution < -0.4 is 5.32 Å². The molecule has 0 radical (unpaired) electrons. The molecule has 132 valence electrons. The molecule has 0 aliphatic rings. The Morgan fingerprint density at radius 2 is 1.88 bits per heavy atom. The number of benzene rings is 2. The number of carbonyl (C=O) groups excluding carboxylic acids is 1. The second-order valence-corrected chi connectivity index (χ2v) is 5.39. The van der Waals surface area contributed by atoms with Crippen LogP contribution in [0.3, 0.4) is 0 Å². The largest absolute Gasteiger partial charge is 0.391 e. The average molecular weight is 344 g/mol. The maximum Gasteiger partial charge on any atom is 0.253 e. The van der Waals surface area contributed by atoms with E-state index in [1.54, 1.807) is 26.1 Å². The molecule has 1 unspecified atom stereocenters. The second kappa shape index (κ2) is 8.94. The first kappa shape index (κ1) is 18.6. The maximum atomic E-state index is 13.0. The second-order valence-electron chi connectivity index (χ2n) is 5.39. The summed E-state index contributed by atoms with van der Waals surface area (Å²) in [4.78, 5) is 17.4. The van der Waals surface area contributed by atoms with Crippen LogP contribution in [-0.4, -0.2) is 25.8 Å². The van der Waals surface area contributed by atoms with E-state index in [0.717, 1.165) is 16.7 Å². The number of carbonyl (C=O) groups is 1. The molecule has 0 fully saturated rings. The fourth-order valence-electron chi connectivity index (χ4n) is 2.37. The van der Waals surface area contributed by atoms with Gasteiger partial charge in [-0.25, -0.2) is 4.39 Å². The van der Waals surface area contributed by atoms with Gasteiger partial charge in [0.2, 0.25) is 0 Å². The number of likely N-dealkylation sites (N-methyl/N-ethyl adjacent to an activating group) is 1. The zero-order valence-corrected chi connectivity index (χ0v) is 14.5. The molecule has 0 aliphatic heterocycles. The van der Waals surface area contributed by atoms with Gasteiger partial charge in [0.15, 0.2) is 6.10 Å². The Labute approximate surface area is 146 Å². The normalized spacial score (nSPS) is 12.6. The number of nitrogens with zero attached hydrogens (tertiary/aromatic N) is 1. The molecule has 1 amide bonds. The zero-order chi connectivity index (χ0) is 18.2. The third kappa shape index (κ3) is 4.87. The molecule has 0 heterocycles. The van der Waals surface area contributed by atoms with Crippen molar-refractivity contribution in [2.45, 2.75) is 19.6 Å². The molecule has 1 N–H and O–H groups in total. The molecule has 0 bridgehead atoms. The lowest BCUT2D eigenvalue weighted by atomic mass is 10.0. The summed E-state index contributed by atoms with van der Waals surface area (Å²) in [6.07, 6.45) is -0.716. The third-order valence-electron chi connectivity index (χ3n) is 3.74. The molecule has 0 aromatic heterocycles. The van der Waals surface area contributed by atoms with E-state index in [4.69, 9.17) is 9.57 Å². The summed E-state index contributed by atoms with van der Waals surface area (Å²) in [6.45, 7) is 1.97. The van der Waals surface area contributed by atoms with Crippen LogP contribution in [-0.2, 0) is 21.0 Å². The highest BCUT2D eigenvalue weighted by atomic mass is 19.1. The van der Waals surface area contributed by atoms with Crippen molar-refractivity contribution in [3.8, 4) is 0 Å². The Bertz CT molecular complexity index is 745. The van der Waals surface area contributed by atoms with Crippen LogP contribution in [0.1, 0.15) is 29.7 Å². The van der Waals surface area contributed by atoms with Gasteiger partial charge in [-0.15, -0.1) is 0 Å². The molecule has 5 nitrogen and oxygen atoms in total. The number of ether oxygens (including phenoxy) is 1. The quantitative estimate of drug-likeness (QED) is 0.620. The zero-order valence-electron chi connectivity index (χ0n) is 14.5. The van der Waals surface area contributed by atoms with Crippen LogP contribution in [0.2, 0.25) is 0 Å². The number of oxime groups is 1. The van der Waals surface area contributed by atoms with Gasteiger partial charge >= 0.3 is 0 Å². The molecule has 2 rings (SSSR count). The Hall–Kier alpha value is -2.73. The molecule has 0 saturated heterocycles. The molecule has 0 spiro atoms. The van der Waals surface area contributed by atoms with Crippen molar-refractivity contribution in [3.63, 3.8) is 0 Å². The highest BCUT2D eigenvalue weighted by molar-refractivity contribution is 5.98. The first-order valence-corrected chi connectivity index (χ1v) is 7.81. The molecule has 1 atom stereocenters. The van der Waals surface area contributed by atoms with E-state index in [-0.39, 0.29) is 18.3 Å². The summed E-state index contributed by atoms with van der Waals surface area (Å²) in [7, 11) is 3.04. The lowest BCUT2D eigenvalue weighted by Gasteiger charge is -2.17. The van der Waals surface area contributed by atoms with Gasteiger partial charge in [-0.3, -0.25) is 4.79 Å². The molecule has 0 saturated carbocycles. The smallest absolute Gasteiger partial charge is 0.253 e. The van der Waals surface area contributed by atoms with Crippen LogP contribution in [0.15, 0.2) is 53.7 Å². The van der Waals surface area contributed by atoms with E-state index in [9.17, 15) is 9.18 Å². The van der Waals surface area contributed by atoms with Gasteiger partial charge in [-0.1, -0.05) is 41.6 Å². The van der Waals surface area contributed by atoms with Crippen molar-refractivity contribution < 1.29 is 18.8 Å². The summed E-state index contributed by atoms with van der Waals surface area (Å²) in [6, 6.07) is 13.4. The van der Waals surface area contributed by atoms with E-state index in [0.29, 0.717) is 5.71 Å². The number of hydrogen-bond acceptors (Lipinski definition) is 4. The molecule has 0 aliphatic carbocycles. The highest BCUT2D eigenvalue weighted by Crippen LogP contribution is 2.22. The Morgan fingerprint density at radius 3 is 2.52 bits per heavy atom. The molecule has 25 heavy (non-hydrogen) atoms. The summed E-state index contributed by atoms with van der Waals surface area (Å²) >= 11 is 0. The van der Waals surface area contributed by atoms with Gasteiger partial charge in [0, 0.05) is 14.2 Å². The van der Waals surface area contributed by atoms with Gasteiger partial charge in [0.25, 0.3) is 5.91 Å². The van der Waals surface area contributed by atoms with Gasteiger partial charge in [0.1, 0.15) is 12.4 Å². The maximum absolute atomic E-state index is 13.0. The average Bonchev–Trinajstić information content (AvgIpc) is 2.63. The Morgan fingerprint density at radius 1 is 1.20 bits per heavy atom. The Balaban J connectivity index is 2.12. The Kier molecular flexibility index (Phi) is 6.65. The van der Waals surface area contributed by atoms with Gasteiger partial charge < -0.3 is 14.9 Å². The number of hydrogen-bond donors (Lipinski definition) is 1. The predicted octanol–water partition coefficient (Wildman–Crippen LogP) is 3.20. The lowest BCUT2D eigenvalue weighted by molar-refractivity contribution is -0.130. The number of nitrogens with one attached hydrogen (secondary N) is 1. The summed E-state index contributed by atoms with van der Waals surface area (Å²) < 4.78 is 18.3. The molecule has 6 heteroatoms. The first-order chi connectivity index (χ1) is 12.1. The minimum absolute atomic E-state index is 0.186. The highest BCUT2D eigenvalue weighted by Gasteiger charge is 2.21. The fraction of sp³-hybridized carbons (Fsp3) is 0.263. The van der Waals surface area contributed by atoms with Crippen LogP contribution in [0, 0.1) is 5.82 Å². The molecular weight excluding hydrogens is 323 g/mol. The minimum atomic E-state index is -0.716. The van der Waals surface area contributed by atoms with Crippen molar-refractivity contribution in [1.82, 2.24) is 5.32 Å². The van der Waals surface area contributed by atoms with Gasteiger partial charge in [-0.05, 0) is 35.7 Å². The van der Waals surface area contributed by atoms with Gasteiger partial charge in [0.05, 0.1) is 5.71 Å². The van der Waals surface area contributed by atoms with E-state index >= 15 is 0 Å². The van der Waals surface area contributed by atoms with E-state index in [1.807, 2.05) is 24.3 Å². The van der Waals surface area contributed by atoms with Crippen molar-refractivity contribution in [1.29, 1.82) is 0 Å². The van der Waals surface area contributed by atoms with Crippen LogP contribution >= 0.6 is 0 Å². The fourth-order valence-corrected chi connectivity index (χ4v) is 2.37. The first-order valence-electron chi connectivity index (χ1n) is 7.81. The predicted molar refractivity (Wildman–Crippen MR) is 93.7 cm³/mol. The monoisotopic (exact) mass is 344 g/mol.